The summed E-state index contributed by atoms with van der Waals surface area (Å²) in [4.78, 5) is 21.7. The van der Waals surface area contributed by atoms with Crippen molar-refractivity contribution >= 4 is 6.03 Å². The molecule has 0 radical (unpaired) electrons. The van der Waals surface area contributed by atoms with Crippen molar-refractivity contribution < 1.29 is 18.7 Å². The number of benzene rings is 1. The summed E-state index contributed by atoms with van der Waals surface area (Å²) in [5.74, 6) is 3.01. The van der Waals surface area contributed by atoms with Gasteiger partial charge in [-0.1, -0.05) is 0 Å². The largest absolute Gasteiger partial charge is 0.494 e. The van der Waals surface area contributed by atoms with Gasteiger partial charge in [-0.05, 0) is 62.5 Å². The number of hydrogen-bond acceptors (Lipinski definition) is 5. The van der Waals surface area contributed by atoms with Crippen LogP contribution in [0.2, 0.25) is 0 Å². The highest BCUT2D eigenvalue weighted by atomic mass is 19.1. The number of aromatic nitrogens is 3. The molecule has 1 aromatic carbocycles. The Morgan fingerprint density at radius 3 is 2.54 bits per heavy atom. The molecule has 3 saturated carbocycles. The predicted octanol–water partition coefficient (Wildman–Crippen LogP) is 3.85. The number of carbonyl (C=O) groups excluding carboxylic acids is 1. The SMILES string of the molecule is COc1cc(OC2CC3CN(C(=O)N4CC5(CC(n6cnc(C7CC7)n6)C5)C4)CC3C2)ccc1F. The minimum Gasteiger partial charge on any atom is -0.494 e. The molecule has 2 unspecified atom stereocenters. The summed E-state index contributed by atoms with van der Waals surface area (Å²) in [5.41, 5.74) is 0.288. The molecule has 2 amide bonds. The van der Waals surface area contributed by atoms with Crippen molar-refractivity contribution in [3.63, 3.8) is 0 Å². The molecule has 2 aromatic rings. The Kier molecular flexibility index (Phi) is 4.80. The molecule has 0 bridgehead atoms. The summed E-state index contributed by atoms with van der Waals surface area (Å²) in [6, 6.07) is 5.29. The van der Waals surface area contributed by atoms with Crippen molar-refractivity contribution in [3.05, 3.63) is 36.2 Å². The van der Waals surface area contributed by atoms with Crippen molar-refractivity contribution in [3.8, 4) is 11.5 Å². The van der Waals surface area contributed by atoms with Crippen LogP contribution < -0.4 is 9.47 Å². The van der Waals surface area contributed by atoms with Crippen molar-refractivity contribution in [1.29, 1.82) is 0 Å². The maximum absolute atomic E-state index is 13.7. The van der Waals surface area contributed by atoms with Crippen LogP contribution in [0.1, 0.15) is 56.3 Å². The van der Waals surface area contributed by atoms with E-state index in [9.17, 15) is 9.18 Å². The number of rotatable bonds is 5. The van der Waals surface area contributed by atoms with Gasteiger partial charge in [-0.2, -0.15) is 5.10 Å². The zero-order valence-corrected chi connectivity index (χ0v) is 20.1. The first-order chi connectivity index (χ1) is 17.0. The number of ether oxygens (including phenoxy) is 2. The highest BCUT2D eigenvalue weighted by Crippen LogP contribution is 2.54. The van der Waals surface area contributed by atoms with Crippen LogP contribution >= 0.6 is 0 Å². The first kappa shape index (κ1) is 21.4. The zero-order chi connectivity index (χ0) is 23.7. The van der Waals surface area contributed by atoms with E-state index in [1.165, 1.54) is 26.0 Å². The summed E-state index contributed by atoms with van der Waals surface area (Å²) < 4.78 is 26.9. The molecule has 9 heteroatoms. The maximum atomic E-state index is 13.7. The number of likely N-dealkylation sites (tertiary alicyclic amines) is 2. The van der Waals surface area contributed by atoms with E-state index in [4.69, 9.17) is 14.6 Å². The number of carbonyl (C=O) groups is 1. The first-order valence-electron chi connectivity index (χ1n) is 12.9. The number of fused-ring (bicyclic) bond motifs is 1. The minimum absolute atomic E-state index is 0.105. The summed E-state index contributed by atoms with van der Waals surface area (Å²) >= 11 is 0. The molecule has 7 rings (SSSR count). The highest BCUT2D eigenvalue weighted by Gasteiger charge is 2.56. The van der Waals surface area contributed by atoms with E-state index in [0.717, 1.165) is 57.7 Å². The van der Waals surface area contributed by atoms with Crippen LogP contribution in [0.4, 0.5) is 9.18 Å². The molecule has 0 N–H and O–H groups in total. The van der Waals surface area contributed by atoms with Gasteiger partial charge in [-0.25, -0.2) is 18.9 Å². The Hall–Kier alpha value is -2.84. The molecule has 3 aliphatic carbocycles. The van der Waals surface area contributed by atoms with Crippen molar-refractivity contribution in [1.82, 2.24) is 24.6 Å². The Morgan fingerprint density at radius 2 is 1.86 bits per heavy atom. The average Bonchev–Trinajstić information content (AvgIpc) is 3.21. The molecule has 1 aromatic heterocycles. The summed E-state index contributed by atoms with van der Waals surface area (Å²) in [6.07, 6.45) is 8.52. The van der Waals surface area contributed by atoms with Crippen LogP contribution in [-0.2, 0) is 0 Å². The Bertz CT molecular complexity index is 1120. The quantitative estimate of drug-likeness (QED) is 0.649. The lowest BCUT2D eigenvalue weighted by atomic mass is 9.61. The van der Waals surface area contributed by atoms with Gasteiger partial charge in [-0.15, -0.1) is 0 Å². The van der Waals surface area contributed by atoms with Gasteiger partial charge in [0, 0.05) is 43.6 Å². The second-order valence-electron chi connectivity index (χ2n) is 11.5. The second-order valence-corrected chi connectivity index (χ2v) is 11.5. The van der Waals surface area contributed by atoms with E-state index in [0.29, 0.717) is 29.5 Å². The molecular weight excluding hydrogens is 449 g/mol. The van der Waals surface area contributed by atoms with Crippen molar-refractivity contribution in [2.24, 2.45) is 17.3 Å². The number of amides is 2. The number of methoxy groups -OCH3 is 1. The Morgan fingerprint density at radius 1 is 1.11 bits per heavy atom. The van der Waals surface area contributed by atoms with Crippen molar-refractivity contribution in [2.45, 2.75) is 56.6 Å². The zero-order valence-electron chi connectivity index (χ0n) is 20.1. The Balaban J connectivity index is 0.879. The van der Waals surface area contributed by atoms with Gasteiger partial charge in [0.2, 0.25) is 0 Å². The molecule has 2 aliphatic heterocycles. The third-order valence-corrected chi connectivity index (χ3v) is 8.91. The maximum Gasteiger partial charge on any atom is 0.320 e. The molecule has 2 atom stereocenters. The van der Waals surface area contributed by atoms with Gasteiger partial charge in [0.15, 0.2) is 17.4 Å². The minimum atomic E-state index is -0.386. The smallest absolute Gasteiger partial charge is 0.320 e. The van der Waals surface area contributed by atoms with Crippen LogP contribution in [0.15, 0.2) is 24.5 Å². The number of urea groups is 1. The molecule has 186 valence electrons. The van der Waals surface area contributed by atoms with E-state index in [1.807, 2.05) is 11.2 Å². The summed E-state index contributed by atoms with van der Waals surface area (Å²) in [5, 5.41) is 4.70. The van der Waals surface area contributed by atoms with Crippen molar-refractivity contribution in [2.75, 3.05) is 33.3 Å². The standard InChI is InChI=1S/C26H32FN5O3/c1-34-23-8-20(4-5-22(23)27)35-21-6-17-11-30(12-18(17)7-21)25(33)31-13-26(14-31)9-19(10-26)32-15-28-24(29-32)16-2-3-16/h4-5,8,15-19,21H,2-3,6-7,9-14H2,1H3. The average molecular weight is 482 g/mol. The molecule has 8 nitrogen and oxygen atoms in total. The summed E-state index contributed by atoms with van der Waals surface area (Å²) in [6.45, 7) is 3.36. The van der Waals surface area contributed by atoms with Gasteiger partial charge in [0.05, 0.1) is 19.3 Å². The van der Waals surface area contributed by atoms with Gasteiger partial charge in [0.25, 0.3) is 0 Å². The highest BCUT2D eigenvalue weighted by molar-refractivity contribution is 5.76. The lowest BCUT2D eigenvalue weighted by molar-refractivity contribution is -0.0735. The number of hydrogen-bond donors (Lipinski definition) is 0. The molecule has 3 heterocycles. The molecule has 5 aliphatic rings. The monoisotopic (exact) mass is 481 g/mol. The van der Waals surface area contributed by atoms with Gasteiger partial charge < -0.3 is 19.3 Å². The van der Waals surface area contributed by atoms with Gasteiger partial charge in [0.1, 0.15) is 12.1 Å². The van der Waals surface area contributed by atoms with E-state index >= 15 is 0 Å². The topological polar surface area (TPSA) is 72.7 Å². The number of halogens is 1. The normalized spacial score (nSPS) is 29.1. The van der Waals surface area contributed by atoms with E-state index < -0.39 is 0 Å². The molecule has 2 saturated heterocycles. The second kappa shape index (κ2) is 7.83. The molecular formula is C26H32FN5O3. The van der Waals surface area contributed by atoms with Crippen LogP contribution in [0.5, 0.6) is 11.5 Å². The van der Waals surface area contributed by atoms with Crippen LogP contribution in [-0.4, -0.2) is 70.0 Å². The van der Waals surface area contributed by atoms with E-state index in [-0.39, 0.29) is 29.1 Å². The van der Waals surface area contributed by atoms with E-state index in [2.05, 4.69) is 14.6 Å². The lowest BCUT2D eigenvalue weighted by Gasteiger charge is -2.59. The third kappa shape index (κ3) is 3.74. The van der Waals surface area contributed by atoms with Gasteiger partial charge in [-0.3, -0.25) is 0 Å². The molecule has 35 heavy (non-hydrogen) atoms. The fourth-order valence-electron chi connectivity index (χ4n) is 6.88. The first-order valence-corrected chi connectivity index (χ1v) is 12.9. The molecule has 1 spiro atoms. The fourth-order valence-corrected chi connectivity index (χ4v) is 6.88. The lowest BCUT2D eigenvalue weighted by Crippen LogP contribution is -2.65. The molecule has 5 fully saturated rings. The van der Waals surface area contributed by atoms with Crippen LogP contribution in [0, 0.1) is 23.1 Å². The Labute approximate surface area is 204 Å². The number of nitrogens with zero attached hydrogens (tertiary/aromatic N) is 5. The van der Waals surface area contributed by atoms with Gasteiger partial charge >= 0.3 is 6.03 Å². The predicted molar refractivity (Wildman–Crippen MR) is 125 cm³/mol. The van der Waals surface area contributed by atoms with Crippen LogP contribution in [0.3, 0.4) is 0 Å². The van der Waals surface area contributed by atoms with E-state index in [1.54, 1.807) is 12.1 Å². The fraction of sp³-hybridized carbons (Fsp3) is 0.654. The third-order valence-electron chi connectivity index (χ3n) is 8.91. The summed E-state index contributed by atoms with van der Waals surface area (Å²) in [7, 11) is 1.46. The van der Waals surface area contributed by atoms with Crippen LogP contribution in [0.25, 0.3) is 0 Å².